The lowest BCUT2D eigenvalue weighted by Gasteiger charge is -2.33. The van der Waals surface area contributed by atoms with E-state index in [2.05, 4.69) is 20.0 Å². The Labute approximate surface area is 144 Å². The van der Waals surface area contributed by atoms with Gasteiger partial charge < -0.3 is 9.64 Å². The van der Waals surface area contributed by atoms with Gasteiger partial charge in [0, 0.05) is 37.6 Å². The molecular formula is C16H20N6OS. The number of aromatic nitrogens is 5. The third-order valence-corrected chi connectivity index (χ3v) is 5.04. The van der Waals surface area contributed by atoms with Crippen molar-refractivity contribution in [3.8, 4) is 5.19 Å². The average Bonchev–Trinajstić information content (AvgIpc) is 3.23. The molecule has 126 valence electrons. The summed E-state index contributed by atoms with van der Waals surface area (Å²) in [5.74, 6) is 2.25. The smallest absolute Gasteiger partial charge is 0.273 e. The zero-order valence-corrected chi connectivity index (χ0v) is 14.7. The molecule has 1 aliphatic heterocycles. The molecule has 1 saturated heterocycles. The number of ether oxygens (including phenoxy) is 1. The molecule has 0 spiro atoms. The van der Waals surface area contributed by atoms with Crippen molar-refractivity contribution in [1.29, 1.82) is 0 Å². The van der Waals surface area contributed by atoms with Crippen molar-refractivity contribution < 1.29 is 4.74 Å². The van der Waals surface area contributed by atoms with Gasteiger partial charge in [0.05, 0.1) is 18.2 Å². The minimum atomic E-state index is 0.477. The molecule has 0 bridgehead atoms. The quantitative estimate of drug-likeness (QED) is 0.724. The second-order valence-electron chi connectivity index (χ2n) is 6.16. The molecule has 0 amide bonds. The molecule has 1 fully saturated rings. The van der Waals surface area contributed by atoms with Gasteiger partial charge >= 0.3 is 0 Å². The number of thiazole rings is 1. The van der Waals surface area contributed by atoms with Gasteiger partial charge in [-0.25, -0.2) is 15.0 Å². The van der Waals surface area contributed by atoms with Crippen molar-refractivity contribution in [2.45, 2.75) is 19.8 Å². The minimum absolute atomic E-state index is 0.477. The van der Waals surface area contributed by atoms with Crippen LogP contribution in [-0.4, -0.2) is 44.4 Å². The summed E-state index contributed by atoms with van der Waals surface area (Å²) in [6.45, 7) is 4.58. The minimum Gasteiger partial charge on any atom is -0.470 e. The average molecular weight is 344 g/mol. The first kappa shape index (κ1) is 15.3. The Morgan fingerprint density at radius 3 is 3.12 bits per heavy atom. The van der Waals surface area contributed by atoms with Crippen LogP contribution in [0.15, 0.2) is 17.8 Å². The van der Waals surface area contributed by atoms with E-state index in [-0.39, 0.29) is 0 Å². The van der Waals surface area contributed by atoms with E-state index in [0.717, 1.165) is 47.4 Å². The molecule has 24 heavy (non-hydrogen) atoms. The van der Waals surface area contributed by atoms with E-state index in [1.54, 1.807) is 10.9 Å². The molecule has 3 aromatic rings. The topological polar surface area (TPSA) is 69.0 Å². The fraction of sp³-hybridized carbons (Fsp3) is 0.500. The molecule has 3 aromatic heterocycles. The van der Waals surface area contributed by atoms with E-state index in [9.17, 15) is 0 Å². The van der Waals surface area contributed by atoms with Crippen LogP contribution in [-0.2, 0) is 7.05 Å². The van der Waals surface area contributed by atoms with Gasteiger partial charge in [-0.2, -0.15) is 5.10 Å². The van der Waals surface area contributed by atoms with Crippen LogP contribution in [0.3, 0.4) is 0 Å². The maximum atomic E-state index is 5.82. The van der Waals surface area contributed by atoms with Gasteiger partial charge in [-0.1, -0.05) is 11.3 Å². The predicted octanol–water partition coefficient (Wildman–Crippen LogP) is 2.42. The number of rotatable bonds is 4. The lowest BCUT2D eigenvalue weighted by atomic mass is 9.99. The Morgan fingerprint density at radius 2 is 2.29 bits per heavy atom. The fourth-order valence-corrected chi connectivity index (χ4v) is 3.71. The van der Waals surface area contributed by atoms with Gasteiger partial charge in [-0.05, 0) is 19.8 Å². The lowest BCUT2D eigenvalue weighted by molar-refractivity contribution is 0.228. The van der Waals surface area contributed by atoms with E-state index in [1.807, 2.05) is 25.5 Å². The van der Waals surface area contributed by atoms with Crippen LogP contribution in [0, 0.1) is 12.8 Å². The number of piperidine rings is 1. The Kier molecular flexibility index (Phi) is 4.05. The highest BCUT2D eigenvalue weighted by Crippen LogP contribution is 2.28. The Bertz CT molecular complexity index is 831. The van der Waals surface area contributed by atoms with E-state index >= 15 is 0 Å². The summed E-state index contributed by atoms with van der Waals surface area (Å²) in [7, 11) is 1.92. The zero-order valence-electron chi connectivity index (χ0n) is 13.8. The van der Waals surface area contributed by atoms with Gasteiger partial charge in [0.15, 0.2) is 5.65 Å². The summed E-state index contributed by atoms with van der Waals surface area (Å²) in [6.07, 6.45) is 5.94. The second kappa shape index (κ2) is 6.35. The number of fused-ring (bicyclic) bond motifs is 1. The van der Waals surface area contributed by atoms with E-state index < -0.39 is 0 Å². The zero-order chi connectivity index (χ0) is 16.5. The molecule has 0 aliphatic carbocycles. The highest BCUT2D eigenvalue weighted by atomic mass is 32.1. The summed E-state index contributed by atoms with van der Waals surface area (Å²) >= 11 is 1.54. The first-order valence-electron chi connectivity index (χ1n) is 8.14. The summed E-state index contributed by atoms with van der Waals surface area (Å²) < 4.78 is 7.62. The Balaban J connectivity index is 1.53. The van der Waals surface area contributed by atoms with Gasteiger partial charge in [0.25, 0.3) is 5.19 Å². The van der Waals surface area contributed by atoms with Crippen LogP contribution in [0.2, 0.25) is 0 Å². The van der Waals surface area contributed by atoms with Gasteiger partial charge in [0.1, 0.15) is 11.6 Å². The van der Waals surface area contributed by atoms with Crippen molar-refractivity contribution in [2.24, 2.45) is 13.0 Å². The monoisotopic (exact) mass is 344 g/mol. The van der Waals surface area contributed by atoms with E-state index in [1.165, 1.54) is 17.8 Å². The van der Waals surface area contributed by atoms with Crippen molar-refractivity contribution in [3.63, 3.8) is 0 Å². The summed E-state index contributed by atoms with van der Waals surface area (Å²) in [4.78, 5) is 15.7. The highest BCUT2D eigenvalue weighted by molar-refractivity contribution is 7.11. The maximum Gasteiger partial charge on any atom is 0.273 e. The summed E-state index contributed by atoms with van der Waals surface area (Å²) in [5.41, 5.74) is 0.888. The number of hydrogen-bond acceptors (Lipinski definition) is 7. The molecule has 7 nitrogen and oxygen atoms in total. The Morgan fingerprint density at radius 1 is 1.38 bits per heavy atom. The third kappa shape index (κ3) is 2.93. The number of anilines is 1. The number of nitrogens with zero attached hydrogens (tertiary/aromatic N) is 6. The van der Waals surface area contributed by atoms with Crippen molar-refractivity contribution in [1.82, 2.24) is 24.7 Å². The number of aryl methyl sites for hydroxylation is 2. The van der Waals surface area contributed by atoms with E-state index in [4.69, 9.17) is 9.72 Å². The summed E-state index contributed by atoms with van der Waals surface area (Å²) in [6, 6.07) is 0. The SMILES string of the molecule is Cc1nc(N2CCCC(COc3nccs3)C2)c2cnn(C)c2n1. The number of hydrogen-bond donors (Lipinski definition) is 0. The van der Waals surface area contributed by atoms with Crippen LogP contribution in [0.5, 0.6) is 5.19 Å². The maximum absolute atomic E-state index is 5.82. The first-order chi connectivity index (χ1) is 11.7. The second-order valence-corrected chi connectivity index (χ2v) is 7.02. The lowest BCUT2D eigenvalue weighted by Crippen LogP contribution is -2.38. The predicted molar refractivity (Wildman–Crippen MR) is 93.6 cm³/mol. The Hall–Kier alpha value is -2.22. The van der Waals surface area contributed by atoms with Crippen molar-refractivity contribution in [3.05, 3.63) is 23.6 Å². The molecule has 0 aromatic carbocycles. The molecule has 8 heteroatoms. The highest BCUT2D eigenvalue weighted by Gasteiger charge is 2.24. The first-order valence-corrected chi connectivity index (χ1v) is 9.02. The fourth-order valence-electron chi connectivity index (χ4n) is 3.22. The molecule has 1 atom stereocenters. The molecule has 1 aliphatic rings. The standard InChI is InChI=1S/C16H20N6OS/c1-11-19-14-13(8-18-21(14)2)15(20-11)22-6-3-4-12(9-22)10-23-16-17-5-7-24-16/h5,7-8,12H,3-4,6,9-10H2,1-2H3. The molecule has 0 saturated carbocycles. The molecular weight excluding hydrogens is 324 g/mol. The largest absolute Gasteiger partial charge is 0.470 e. The normalized spacial score (nSPS) is 18.2. The van der Waals surface area contributed by atoms with Crippen LogP contribution in [0.25, 0.3) is 11.0 Å². The van der Waals surface area contributed by atoms with Crippen molar-refractivity contribution in [2.75, 3.05) is 24.6 Å². The molecule has 4 heterocycles. The van der Waals surface area contributed by atoms with Gasteiger partial charge in [-0.15, -0.1) is 0 Å². The van der Waals surface area contributed by atoms with E-state index in [0.29, 0.717) is 12.5 Å². The summed E-state index contributed by atoms with van der Waals surface area (Å²) in [5, 5.41) is 8.04. The molecule has 1 unspecified atom stereocenters. The van der Waals surface area contributed by atoms with Gasteiger partial charge in [-0.3, -0.25) is 4.68 Å². The molecule has 4 rings (SSSR count). The van der Waals surface area contributed by atoms with Crippen LogP contribution in [0.4, 0.5) is 5.82 Å². The van der Waals surface area contributed by atoms with Crippen molar-refractivity contribution >= 4 is 28.2 Å². The van der Waals surface area contributed by atoms with Crippen LogP contribution >= 0.6 is 11.3 Å². The molecule has 0 N–H and O–H groups in total. The molecule has 0 radical (unpaired) electrons. The van der Waals surface area contributed by atoms with Crippen LogP contribution < -0.4 is 9.64 Å². The third-order valence-electron chi connectivity index (χ3n) is 4.35. The van der Waals surface area contributed by atoms with Crippen LogP contribution in [0.1, 0.15) is 18.7 Å². The van der Waals surface area contributed by atoms with Gasteiger partial charge in [0.2, 0.25) is 0 Å².